The number of rotatable bonds is 10. The van der Waals surface area contributed by atoms with Crippen LogP contribution in [0.1, 0.15) is 58.9 Å². The lowest BCUT2D eigenvalue weighted by molar-refractivity contribution is -0.00521. The first-order chi connectivity index (χ1) is 12.8. The Morgan fingerprint density at radius 2 is 1.63 bits per heavy atom. The maximum Gasteiger partial charge on any atom is 0.213 e. The van der Waals surface area contributed by atoms with Crippen molar-refractivity contribution >= 4 is 15.7 Å². The van der Waals surface area contributed by atoms with Gasteiger partial charge < -0.3 is 9.64 Å². The van der Waals surface area contributed by atoms with Gasteiger partial charge in [-0.2, -0.15) is 0 Å². The highest BCUT2D eigenvalue weighted by Gasteiger charge is 2.22. The van der Waals surface area contributed by atoms with Crippen LogP contribution in [0, 0.1) is 0 Å². The largest absolute Gasteiger partial charge is 0.372 e. The molecule has 5 nitrogen and oxygen atoms in total. The molecule has 1 N–H and O–H groups in total. The van der Waals surface area contributed by atoms with Crippen molar-refractivity contribution in [2.75, 3.05) is 24.5 Å². The van der Waals surface area contributed by atoms with Gasteiger partial charge in [-0.1, -0.05) is 25.0 Å². The number of benzene rings is 1. The molecule has 2 atom stereocenters. The van der Waals surface area contributed by atoms with E-state index in [0.717, 1.165) is 45.2 Å². The van der Waals surface area contributed by atoms with E-state index in [1.807, 2.05) is 0 Å². The fourth-order valence-corrected chi connectivity index (χ4v) is 4.21. The standard InChI is InChI=1S/C21H36N2O3S/c1-17(2)27(24,25)22-14-8-6-5-7-9-20-10-12-21(13-11-20)23-15-18(3)26-19(4)16-23/h10-13,17-19,22H,5-9,14-16H2,1-4H3/t18-,19+. The van der Waals surface area contributed by atoms with Gasteiger partial charge in [0.25, 0.3) is 0 Å². The third-order valence-electron chi connectivity index (χ3n) is 5.04. The monoisotopic (exact) mass is 396 g/mol. The van der Waals surface area contributed by atoms with Crippen molar-refractivity contribution in [2.45, 2.75) is 77.3 Å². The number of aryl methyl sites for hydroxylation is 1. The van der Waals surface area contributed by atoms with Gasteiger partial charge in [-0.15, -0.1) is 0 Å². The quantitative estimate of drug-likeness (QED) is 0.612. The number of anilines is 1. The fourth-order valence-electron chi connectivity index (χ4n) is 3.45. The summed E-state index contributed by atoms with van der Waals surface area (Å²) < 4.78 is 31.8. The molecule has 154 valence electrons. The second-order valence-corrected chi connectivity index (χ2v) is 10.3. The molecule has 1 aromatic carbocycles. The first-order valence-corrected chi connectivity index (χ1v) is 11.8. The summed E-state index contributed by atoms with van der Waals surface area (Å²) in [6.45, 7) is 10.1. The van der Waals surface area contributed by atoms with E-state index in [-0.39, 0.29) is 17.5 Å². The molecular formula is C21H36N2O3S. The number of nitrogens with one attached hydrogen (secondary N) is 1. The first-order valence-electron chi connectivity index (χ1n) is 10.3. The maximum atomic E-state index is 11.7. The third kappa shape index (κ3) is 7.43. The van der Waals surface area contributed by atoms with E-state index in [2.05, 4.69) is 47.7 Å². The van der Waals surface area contributed by atoms with Crippen LogP contribution in [0.3, 0.4) is 0 Å². The lowest BCUT2D eigenvalue weighted by atomic mass is 10.1. The van der Waals surface area contributed by atoms with Crippen LogP contribution in [0.4, 0.5) is 5.69 Å². The van der Waals surface area contributed by atoms with Gasteiger partial charge in [0.1, 0.15) is 0 Å². The number of unbranched alkanes of at least 4 members (excludes halogenated alkanes) is 3. The molecular weight excluding hydrogens is 360 g/mol. The average Bonchev–Trinajstić information content (AvgIpc) is 2.60. The SMILES string of the molecule is CC(C)S(=O)(=O)NCCCCCCc1ccc(N2C[C@@H](C)O[C@@H](C)C2)cc1. The maximum absolute atomic E-state index is 11.7. The van der Waals surface area contributed by atoms with Crippen LogP contribution in [-0.4, -0.2) is 45.5 Å². The molecule has 1 heterocycles. The van der Waals surface area contributed by atoms with Crippen molar-refractivity contribution in [3.8, 4) is 0 Å². The summed E-state index contributed by atoms with van der Waals surface area (Å²) >= 11 is 0. The minimum atomic E-state index is -3.12. The smallest absolute Gasteiger partial charge is 0.213 e. The van der Waals surface area contributed by atoms with Gasteiger partial charge in [-0.05, 0) is 64.7 Å². The summed E-state index contributed by atoms with van der Waals surface area (Å²) in [5, 5.41) is -0.357. The van der Waals surface area contributed by atoms with Crippen LogP contribution in [0.5, 0.6) is 0 Å². The normalized spacial score (nSPS) is 21.0. The summed E-state index contributed by atoms with van der Waals surface area (Å²) in [7, 11) is -3.12. The fraction of sp³-hybridized carbons (Fsp3) is 0.714. The Morgan fingerprint density at radius 1 is 1.04 bits per heavy atom. The zero-order valence-electron chi connectivity index (χ0n) is 17.3. The highest BCUT2D eigenvalue weighted by atomic mass is 32.2. The van der Waals surface area contributed by atoms with Gasteiger partial charge in [0.05, 0.1) is 17.5 Å². The zero-order valence-corrected chi connectivity index (χ0v) is 18.1. The van der Waals surface area contributed by atoms with Crippen LogP contribution in [0.2, 0.25) is 0 Å². The minimum absolute atomic E-state index is 0.276. The molecule has 6 heteroatoms. The molecule has 1 aliphatic heterocycles. The van der Waals surface area contributed by atoms with Crippen molar-refractivity contribution in [3.05, 3.63) is 29.8 Å². The summed E-state index contributed by atoms with van der Waals surface area (Å²) in [4.78, 5) is 2.40. The zero-order chi connectivity index (χ0) is 19.9. The first kappa shape index (κ1) is 22.2. The van der Waals surface area contributed by atoms with E-state index in [0.29, 0.717) is 6.54 Å². The molecule has 0 aliphatic carbocycles. The summed E-state index contributed by atoms with van der Waals surface area (Å²) in [6.07, 6.45) is 5.86. The van der Waals surface area contributed by atoms with E-state index in [4.69, 9.17) is 4.74 Å². The number of morpholine rings is 1. The van der Waals surface area contributed by atoms with Crippen molar-refractivity contribution in [2.24, 2.45) is 0 Å². The molecule has 1 aliphatic rings. The van der Waals surface area contributed by atoms with E-state index < -0.39 is 10.0 Å². The number of sulfonamides is 1. The van der Waals surface area contributed by atoms with Crippen LogP contribution in [0.25, 0.3) is 0 Å². The molecule has 27 heavy (non-hydrogen) atoms. The Labute approximate surface area is 165 Å². The highest BCUT2D eigenvalue weighted by molar-refractivity contribution is 7.90. The van der Waals surface area contributed by atoms with Gasteiger partial charge >= 0.3 is 0 Å². The molecule has 0 amide bonds. The van der Waals surface area contributed by atoms with E-state index >= 15 is 0 Å². The molecule has 0 spiro atoms. The Hall–Kier alpha value is -1.11. The Bertz CT molecular complexity index is 649. The van der Waals surface area contributed by atoms with Crippen molar-refractivity contribution in [1.29, 1.82) is 0 Å². The summed E-state index contributed by atoms with van der Waals surface area (Å²) in [6, 6.07) is 8.91. The Kier molecular flexibility index (Phi) is 8.58. The van der Waals surface area contributed by atoms with E-state index in [1.165, 1.54) is 11.3 Å². The summed E-state index contributed by atoms with van der Waals surface area (Å²) in [5.74, 6) is 0. The molecule has 1 aromatic rings. The summed E-state index contributed by atoms with van der Waals surface area (Å²) in [5.41, 5.74) is 2.65. The lowest BCUT2D eigenvalue weighted by Gasteiger charge is -2.36. The highest BCUT2D eigenvalue weighted by Crippen LogP contribution is 2.21. The molecule has 0 unspecified atom stereocenters. The molecule has 0 radical (unpaired) electrons. The van der Waals surface area contributed by atoms with Crippen LogP contribution >= 0.6 is 0 Å². The molecule has 1 fully saturated rings. The Balaban J connectivity index is 1.64. The van der Waals surface area contributed by atoms with Gasteiger partial charge in [-0.3, -0.25) is 0 Å². The molecule has 0 aromatic heterocycles. The van der Waals surface area contributed by atoms with Crippen molar-refractivity contribution in [1.82, 2.24) is 4.72 Å². The second-order valence-electron chi connectivity index (χ2n) is 7.98. The third-order valence-corrected chi connectivity index (χ3v) is 6.88. The lowest BCUT2D eigenvalue weighted by Crippen LogP contribution is -2.45. The topological polar surface area (TPSA) is 58.6 Å². The number of hydrogen-bond donors (Lipinski definition) is 1. The Morgan fingerprint density at radius 3 is 2.22 bits per heavy atom. The average molecular weight is 397 g/mol. The van der Waals surface area contributed by atoms with Crippen molar-refractivity contribution in [3.63, 3.8) is 0 Å². The molecule has 0 bridgehead atoms. The number of hydrogen-bond acceptors (Lipinski definition) is 4. The van der Waals surface area contributed by atoms with Gasteiger partial charge in [0.2, 0.25) is 10.0 Å². The van der Waals surface area contributed by atoms with E-state index in [1.54, 1.807) is 13.8 Å². The van der Waals surface area contributed by atoms with Gasteiger partial charge in [-0.25, -0.2) is 13.1 Å². The van der Waals surface area contributed by atoms with Gasteiger partial charge in [0.15, 0.2) is 0 Å². The minimum Gasteiger partial charge on any atom is -0.372 e. The van der Waals surface area contributed by atoms with E-state index in [9.17, 15) is 8.42 Å². The molecule has 2 rings (SSSR count). The predicted molar refractivity (Wildman–Crippen MR) is 113 cm³/mol. The van der Waals surface area contributed by atoms with Gasteiger partial charge in [0, 0.05) is 25.3 Å². The molecule has 1 saturated heterocycles. The predicted octanol–water partition coefficient (Wildman–Crippen LogP) is 3.73. The number of ether oxygens (including phenoxy) is 1. The molecule has 0 saturated carbocycles. The van der Waals surface area contributed by atoms with Crippen LogP contribution < -0.4 is 9.62 Å². The van der Waals surface area contributed by atoms with Crippen LogP contribution in [-0.2, 0) is 21.2 Å². The number of nitrogens with zero attached hydrogens (tertiary/aromatic N) is 1. The second kappa shape index (κ2) is 10.4. The van der Waals surface area contributed by atoms with Crippen LogP contribution in [0.15, 0.2) is 24.3 Å². The van der Waals surface area contributed by atoms with Crippen molar-refractivity contribution < 1.29 is 13.2 Å².